The molecule has 78 valence electrons. The summed E-state index contributed by atoms with van der Waals surface area (Å²) in [7, 11) is -3.69. The fraction of sp³-hybridized carbons (Fsp3) is 0.556. The Morgan fingerprint density at radius 3 is 2.86 bits per heavy atom. The van der Waals surface area contributed by atoms with Crippen LogP contribution in [0.15, 0.2) is 15.6 Å². The minimum atomic E-state index is -3.69. The van der Waals surface area contributed by atoms with Crippen LogP contribution in [0.1, 0.15) is 37.0 Å². The lowest BCUT2D eigenvalue weighted by Crippen LogP contribution is -2.10. The van der Waals surface area contributed by atoms with Crippen LogP contribution in [0.3, 0.4) is 0 Å². The molecule has 1 aliphatic rings. The lowest BCUT2D eigenvalue weighted by molar-refractivity contribution is 0.394. The monoisotopic (exact) mass is 215 g/mol. The molecule has 4 nitrogen and oxygen atoms in total. The molecule has 0 bridgehead atoms. The highest BCUT2D eigenvalue weighted by molar-refractivity contribution is 7.89. The lowest BCUT2D eigenvalue weighted by atomic mass is 9.89. The molecule has 5 heteroatoms. The third kappa shape index (κ3) is 1.57. The highest BCUT2D eigenvalue weighted by Gasteiger charge is 2.24. The minimum Gasteiger partial charge on any atom is -0.448 e. The Morgan fingerprint density at radius 2 is 2.29 bits per heavy atom. The van der Waals surface area contributed by atoms with Gasteiger partial charge in [0.15, 0.2) is 0 Å². The van der Waals surface area contributed by atoms with E-state index in [9.17, 15) is 8.42 Å². The third-order valence-corrected chi connectivity index (χ3v) is 3.43. The Bertz CT molecular complexity index is 447. The average Bonchev–Trinajstić information content (AvgIpc) is 2.48. The van der Waals surface area contributed by atoms with Gasteiger partial charge in [0.25, 0.3) is 10.0 Å². The molecule has 1 unspecified atom stereocenters. The van der Waals surface area contributed by atoms with Crippen molar-refractivity contribution in [1.82, 2.24) is 0 Å². The molecular formula is C9H13NO3S. The van der Waals surface area contributed by atoms with Crippen molar-refractivity contribution in [2.75, 3.05) is 0 Å². The normalized spacial score (nSPS) is 22.0. The van der Waals surface area contributed by atoms with Gasteiger partial charge in [-0.3, -0.25) is 0 Å². The predicted octanol–water partition coefficient (Wildman–Crippen LogP) is 1.37. The molecule has 0 radical (unpaired) electrons. The summed E-state index contributed by atoms with van der Waals surface area (Å²) in [6.45, 7) is 2.07. The summed E-state index contributed by atoms with van der Waals surface area (Å²) in [5, 5.41) is 4.89. The van der Waals surface area contributed by atoms with Crippen LogP contribution in [-0.4, -0.2) is 8.42 Å². The summed E-state index contributed by atoms with van der Waals surface area (Å²) >= 11 is 0. The molecule has 0 aliphatic heterocycles. The number of aryl methyl sites for hydroxylation is 1. The highest BCUT2D eigenvalue weighted by Crippen LogP contribution is 2.34. The summed E-state index contributed by atoms with van der Waals surface area (Å²) in [5.74, 6) is 1.16. The molecule has 0 spiro atoms. The van der Waals surface area contributed by atoms with E-state index < -0.39 is 10.0 Å². The van der Waals surface area contributed by atoms with Gasteiger partial charge in [-0.05, 0) is 24.3 Å². The zero-order valence-electron chi connectivity index (χ0n) is 7.99. The second kappa shape index (κ2) is 3.10. The molecule has 0 fully saturated rings. The van der Waals surface area contributed by atoms with Crippen molar-refractivity contribution in [3.8, 4) is 0 Å². The Kier molecular flexibility index (Phi) is 2.16. The maximum atomic E-state index is 11.0. The fourth-order valence-electron chi connectivity index (χ4n) is 1.89. The molecule has 1 aromatic rings. The van der Waals surface area contributed by atoms with E-state index in [0.717, 1.165) is 30.6 Å². The van der Waals surface area contributed by atoms with E-state index in [2.05, 4.69) is 6.92 Å². The van der Waals surface area contributed by atoms with Crippen molar-refractivity contribution < 1.29 is 12.8 Å². The Hall–Kier alpha value is -0.810. The van der Waals surface area contributed by atoms with Crippen molar-refractivity contribution in [3.63, 3.8) is 0 Å². The van der Waals surface area contributed by atoms with E-state index in [1.54, 1.807) is 6.07 Å². The van der Waals surface area contributed by atoms with E-state index in [4.69, 9.17) is 9.56 Å². The first-order chi connectivity index (χ1) is 6.48. The van der Waals surface area contributed by atoms with Gasteiger partial charge in [-0.1, -0.05) is 6.92 Å². The van der Waals surface area contributed by atoms with Gasteiger partial charge in [0, 0.05) is 12.5 Å². The van der Waals surface area contributed by atoms with E-state index in [-0.39, 0.29) is 5.09 Å². The minimum absolute atomic E-state index is 0.101. The van der Waals surface area contributed by atoms with E-state index in [1.807, 2.05) is 0 Å². The first-order valence-electron chi connectivity index (χ1n) is 4.64. The van der Waals surface area contributed by atoms with E-state index in [1.165, 1.54) is 0 Å². The van der Waals surface area contributed by atoms with Crippen molar-refractivity contribution in [3.05, 3.63) is 17.4 Å². The van der Waals surface area contributed by atoms with Gasteiger partial charge in [-0.25, -0.2) is 13.6 Å². The summed E-state index contributed by atoms with van der Waals surface area (Å²) in [5.41, 5.74) is 1.00. The van der Waals surface area contributed by atoms with Crippen molar-refractivity contribution >= 4 is 10.0 Å². The molecule has 2 rings (SSSR count). The summed E-state index contributed by atoms with van der Waals surface area (Å²) in [6, 6.07) is 1.56. The maximum absolute atomic E-state index is 11.0. The zero-order valence-corrected chi connectivity index (χ0v) is 8.80. The Labute approximate surface area is 83.1 Å². The molecule has 0 saturated carbocycles. The number of hydrogen-bond acceptors (Lipinski definition) is 3. The zero-order chi connectivity index (χ0) is 10.3. The van der Waals surface area contributed by atoms with E-state index in [0.29, 0.717) is 5.92 Å². The smallest absolute Gasteiger partial charge is 0.271 e. The number of hydrogen-bond donors (Lipinski definition) is 1. The molecule has 0 amide bonds. The first kappa shape index (κ1) is 9.73. The van der Waals surface area contributed by atoms with E-state index >= 15 is 0 Å². The van der Waals surface area contributed by atoms with Crippen molar-refractivity contribution in [1.29, 1.82) is 0 Å². The maximum Gasteiger partial charge on any atom is 0.271 e. The van der Waals surface area contributed by atoms with Crippen LogP contribution in [0.5, 0.6) is 0 Å². The van der Waals surface area contributed by atoms with Crippen LogP contribution in [-0.2, 0) is 16.4 Å². The van der Waals surface area contributed by atoms with Crippen LogP contribution < -0.4 is 5.14 Å². The number of nitrogens with two attached hydrogens (primary N) is 1. The predicted molar refractivity (Wildman–Crippen MR) is 51.4 cm³/mol. The van der Waals surface area contributed by atoms with Gasteiger partial charge in [-0.15, -0.1) is 0 Å². The van der Waals surface area contributed by atoms with Crippen LogP contribution in [0.2, 0.25) is 0 Å². The molecule has 1 aliphatic carbocycles. The molecule has 1 aromatic heterocycles. The van der Waals surface area contributed by atoms with Gasteiger partial charge >= 0.3 is 0 Å². The first-order valence-corrected chi connectivity index (χ1v) is 6.18. The molecule has 2 N–H and O–H groups in total. The standard InChI is InChI=1S/C9H13NO3S/c1-6-3-2-4-8-7(6)5-9(13-8)14(10,11)12/h5-6H,2-4H2,1H3,(H2,10,11,12). The van der Waals surface area contributed by atoms with Gasteiger partial charge in [-0.2, -0.15) is 0 Å². The number of sulfonamides is 1. The van der Waals surface area contributed by atoms with Gasteiger partial charge in [0.1, 0.15) is 5.76 Å². The number of primary sulfonamides is 1. The molecule has 0 saturated heterocycles. The third-order valence-electron chi connectivity index (χ3n) is 2.67. The second-order valence-electron chi connectivity index (χ2n) is 3.78. The molecule has 1 atom stereocenters. The van der Waals surface area contributed by atoms with Gasteiger partial charge in [0.05, 0.1) is 0 Å². The Balaban J connectivity index is 2.50. The number of rotatable bonds is 1. The SMILES string of the molecule is CC1CCCc2oc(S(N)(=O)=O)cc21. The quantitative estimate of drug-likeness (QED) is 0.768. The highest BCUT2D eigenvalue weighted by atomic mass is 32.2. The average molecular weight is 215 g/mol. The van der Waals surface area contributed by atoms with Crippen LogP contribution in [0.25, 0.3) is 0 Å². The summed E-state index contributed by atoms with van der Waals surface area (Å²) in [6.07, 6.45) is 2.94. The lowest BCUT2D eigenvalue weighted by Gasteiger charge is -2.15. The van der Waals surface area contributed by atoms with Gasteiger partial charge in [0.2, 0.25) is 5.09 Å². The van der Waals surface area contributed by atoms with Gasteiger partial charge < -0.3 is 4.42 Å². The number of fused-ring (bicyclic) bond motifs is 1. The van der Waals surface area contributed by atoms with Crippen LogP contribution >= 0.6 is 0 Å². The van der Waals surface area contributed by atoms with Crippen molar-refractivity contribution in [2.24, 2.45) is 5.14 Å². The number of furan rings is 1. The molecule has 14 heavy (non-hydrogen) atoms. The molecular weight excluding hydrogens is 202 g/mol. The summed E-state index contributed by atoms with van der Waals surface area (Å²) < 4.78 is 27.3. The topological polar surface area (TPSA) is 73.3 Å². The van der Waals surface area contributed by atoms with Crippen LogP contribution in [0, 0.1) is 0 Å². The Morgan fingerprint density at radius 1 is 1.57 bits per heavy atom. The van der Waals surface area contributed by atoms with Crippen LogP contribution in [0.4, 0.5) is 0 Å². The fourth-order valence-corrected chi connectivity index (χ4v) is 2.40. The molecule has 0 aromatic carbocycles. The largest absolute Gasteiger partial charge is 0.448 e. The molecule has 1 heterocycles. The van der Waals surface area contributed by atoms with Crippen molar-refractivity contribution in [2.45, 2.75) is 37.2 Å². The summed E-state index contributed by atoms with van der Waals surface area (Å²) in [4.78, 5) is 0. The second-order valence-corrected chi connectivity index (χ2v) is 5.27.